The Morgan fingerprint density at radius 3 is 3.12 bits per heavy atom. The Kier molecular flexibility index (Phi) is 4.46. The van der Waals surface area contributed by atoms with Crippen LogP contribution in [0.2, 0.25) is 0 Å². The van der Waals surface area contributed by atoms with Gasteiger partial charge in [-0.15, -0.1) is 0 Å². The van der Waals surface area contributed by atoms with Crippen molar-refractivity contribution in [1.82, 2.24) is 5.32 Å². The zero-order chi connectivity index (χ0) is 12.3. The molecule has 0 spiro atoms. The normalized spacial score (nSPS) is 20.3. The summed E-state index contributed by atoms with van der Waals surface area (Å²) in [6.07, 6.45) is 5.45. The van der Waals surface area contributed by atoms with Gasteiger partial charge >= 0.3 is 0 Å². The van der Waals surface area contributed by atoms with Gasteiger partial charge in [-0.1, -0.05) is 13.0 Å². The van der Waals surface area contributed by atoms with Crippen molar-refractivity contribution >= 4 is 11.8 Å². The van der Waals surface area contributed by atoms with E-state index in [0.29, 0.717) is 11.3 Å². The third kappa shape index (κ3) is 3.23. The first kappa shape index (κ1) is 12.9. The number of aryl methyl sites for hydroxylation is 1. The SMILES string of the molecule is CSC(C)CCNC1CCc2cc(F)ccc21. The van der Waals surface area contributed by atoms with Crippen molar-refractivity contribution in [3.05, 3.63) is 35.1 Å². The molecule has 0 amide bonds. The van der Waals surface area contributed by atoms with Gasteiger partial charge in [0.25, 0.3) is 0 Å². The van der Waals surface area contributed by atoms with E-state index in [0.717, 1.165) is 19.4 Å². The second kappa shape index (κ2) is 5.87. The van der Waals surface area contributed by atoms with E-state index in [1.165, 1.54) is 17.5 Å². The van der Waals surface area contributed by atoms with Crippen LogP contribution >= 0.6 is 11.8 Å². The highest BCUT2D eigenvalue weighted by atomic mass is 32.2. The van der Waals surface area contributed by atoms with Gasteiger partial charge in [-0.05, 0) is 55.3 Å². The minimum absolute atomic E-state index is 0.111. The van der Waals surface area contributed by atoms with E-state index in [1.54, 1.807) is 12.1 Å². The maximum Gasteiger partial charge on any atom is 0.123 e. The molecule has 2 rings (SSSR count). The molecular weight excluding hydrogens is 233 g/mol. The largest absolute Gasteiger partial charge is 0.310 e. The van der Waals surface area contributed by atoms with Crippen LogP contribution in [0.4, 0.5) is 4.39 Å². The zero-order valence-electron chi connectivity index (χ0n) is 10.5. The van der Waals surface area contributed by atoms with Crippen molar-refractivity contribution in [1.29, 1.82) is 0 Å². The molecule has 2 unspecified atom stereocenters. The Balaban J connectivity index is 1.89. The molecule has 0 saturated heterocycles. The second-order valence-corrected chi connectivity index (χ2v) is 6.00. The van der Waals surface area contributed by atoms with Crippen LogP contribution < -0.4 is 5.32 Å². The lowest BCUT2D eigenvalue weighted by Crippen LogP contribution is -2.22. The topological polar surface area (TPSA) is 12.0 Å². The average Bonchev–Trinajstić information content (AvgIpc) is 2.71. The van der Waals surface area contributed by atoms with E-state index in [4.69, 9.17) is 0 Å². The lowest BCUT2D eigenvalue weighted by Gasteiger charge is -2.15. The van der Waals surface area contributed by atoms with Crippen molar-refractivity contribution in [3.63, 3.8) is 0 Å². The van der Waals surface area contributed by atoms with Crippen LogP contribution in [0.5, 0.6) is 0 Å². The molecule has 0 aliphatic heterocycles. The van der Waals surface area contributed by atoms with E-state index in [9.17, 15) is 4.39 Å². The van der Waals surface area contributed by atoms with Gasteiger partial charge in [-0.2, -0.15) is 11.8 Å². The third-order valence-corrected chi connectivity index (χ3v) is 4.57. The molecule has 0 aromatic heterocycles. The Morgan fingerprint density at radius 1 is 1.53 bits per heavy atom. The average molecular weight is 253 g/mol. The lowest BCUT2D eigenvalue weighted by molar-refractivity contribution is 0.520. The van der Waals surface area contributed by atoms with Gasteiger partial charge in [-0.3, -0.25) is 0 Å². The highest BCUT2D eigenvalue weighted by Gasteiger charge is 2.21. The number of halogens is 1. The van der Waals surface area contributed by atoms with Crippen LogP contribution in [0.25, 0.3) is 0 Å². The number of rotatable bonds is 5. The number of hydrogen-bond donors (Lipinski definition) is 1. The summed E-state index contributed by atoms with van der Waals surface area (Å²) in [5.74, 6) is -0.111. The smallest absolute Gasteiger partial charge is 0.123 e. The fourth-order valence-corrected chi connectivity index (χ4v) is 2.73. The quantitative estimate of drug-likeness (QED) is 0.861. The molecule has 17 heavy (non-hydrogen) atoms. The van der Waals surface area contributed by atoms with Crippen LogP contribution in [-0.2, 0) is 6.42 Å². The van der Waals surface area contributed by atoms with Gasteiger partial charge in [0.1, 0.15) is 5.82 Å². The molecule has 1 N–H and O–H groups in total. The third-order valence-electron chi connectivity index (χ3n) is 3.53. The fourth-order valence-electron chi connectivity index (χ4n) is 2.38. The van der Waals surface area contributed by atoms with Gasteiger partial charge in [0.15, 0.2) is 0 Å². The lowest BCUT2D eigenvalue weighted by atomic mass is 10.1. The number of thioether (sulfide) groups is 1. The maximum atomic E-state index is 13.1. The minimum Gasteiger partial charge on any atom is -0.310 e. The highest BCUT2D eigenvalue weighted by Crippen LogP contribution is 2.31. The second-order valence-electron chi connectivity index (χ2n) is 4.72. The number of nitrogens with one attached hydrogen (secondary N) is 1. The zero-order valence-corrected chi connectivity index (χ0v) is 11.3. The van der Waals surface area contributed by atoms with E-state index in [2.05, 4.69) is 18.5 Å². The summed E-state index contributed by atoms with van der Waals surface area (Å²) >= 11 is 1.91. The molecule has 1 aromatic carbocycles. The fraction of sp³-hybridized carbons (Fsp3) is 0.571. The molecule has 1 aliphatic carbocycles. The first-order chi connectivity index (χ1) is 8.20. The first-order valence-corrected chi connectivity index (χ1v) is 7.54. The summed E-state index contributed by atoms with van der Waals surface area (Å²) < 4.78 is 13.1. The molecule has 1 aromatic rings. The molecule has 0 fully saturated rings. The standard InChI is InChI=1S/C14H20FNS/c1-10(17-2)7-8-16-14-6-3-11-9-12(15)4-5-13(11)14/h4-5,9-10,14,16H,3,6-8H2,1-2H3. The monoisotopic (exact) mass is 253 g/mol. The summed E-state index contributed by atoms with van der Waals surface area (Å²) in [6, 6.07) is 5.62. The van der Waals surface area contributed by atoms with Crippen molar-refractivity contribution in [2.24, 2.45) is 0 Å². The van der Waals surface area contributed by atoms with E-state index < -0.39 is 0 Å². The molecule has 0 bridgehead atoms. The predicted octanol–water partition coefficient (Wildman–Crippen LogP) is 3.54. The summed E-state index contributed by atoms with van der Waals surface area (Å²) in [6.45, 7) is 3.30. The van der Waals surface area contributed by atoms with Crippen LogP contribution in [0.15, 0.2) is 18.2 Å². The molecular formula is C14H20FNS. The summed E-state index contributed by atoms with van der Waals surface area (Å²) in [5.41, 5.74) is 2.48. The van der Waals surface area contributed by atoms with Crippen LogP contribution in [0, 0.1) is 5.82 Å². The Morgan fingerprint density at radius 2 is 2.35 bits per heavy atom. The van der Waals surface area contributed by atoms with Gasteiger partial charge in [0.05, 0.1) is 0 Å². The van der Waals surface area contributed by atoms with Crippen LogP contribution in [-0.4, -0.2) is 18.1 Å². The Hall–Kier alpha value is -0.540. The molecule has 1 nitrogen and oxygen atoms in total. The first-order valence-electron chi connectivity index (χ1n) is 6.25. The maximum absolute atomic E-state index is 13.1. The summed E-state index contributed by atoms with van der Waals surface area (Å²) in [7, 11) is 0. The van der Waals surface area contributed by atoms with Gasteiger partial charge in [-0.25, -0.2) is 4.39 Å². The number of benzene rings is 1. The minimum atomic E-state index is -0.111. The molecule has 1 aliphatic rings. The summed E-state index contributed by atoms with van der Waals surface area (Å²) in [5, 5.41) is 4.29. The van der Waals surface area contributed by atoms with Crippen molar-refractivity contribution in [2.75, 3.05) is 12.8 Å². The Bertz CT molecular complexity index is 380. The van der Waals surface area contributed by atoms with Gasteiger partial charge < -0.3 is 5.32 Å². The summed E-state index contributed by atoms with van der Waals surface area (Å²) in [4.78, 5) is 0. The Labute approximate surface area is 107 Å². The predicted molar refractivity (Wildman–Crippen MR) is 73.1 cm³/mol. The molecule has 2 atom stereocenters. The molecule has 3 heteroatoms. The van der Waals surface area contributed by atoms with Gasteiger partial charge in [0.2, 0.25) is 0 Å². The van der Waals surface area contributed by atoms with Gasteiger partial charge in [0, 0.05) is 11.3 Å². The molecule has 0 radical (unpaired) electrons. The van der Waals surface area contributed by atoms with E-state index >= 15 is 0 Å². The molecule has 0 saturated carbocycles. The van der Waals surface area contributed by atoms with Crippen LogP contribution in [0.3, 0.4) is 0 Å². The molecule has 94 valence electrons. The van der Waals surface area contributed by atoms with E-state index in [1.807, 2.05) is 17.8 Å². The van der Waals surface area contributed by atoms with E-state index in [-0.39, 0.29) is 5.82 Å². The van der Waals surface area contributed by atoms with Crippen molar-refractivity contribution in [2.45, 2.75) is 37.5 Å². The van der Waals surface area contributed by atoms with Crippen LogP contribution in [0.1, 0.15) is 36.9 Å². The van der Waals surface area contributed by atoms with Crippen molar-refractivity contribution < 1.29 is 4.39 Å². The number of hydrogen-bond acceptors (Lipinski definition) is 2. The highest BCUT2D eigenvalue weighted by molar-refractivity contribution is 7.99. The molecule has 0 heterocycles. The van der Waals surface area contributed by atoms with Crippen molar-refractivity contribution in [3.8, 4) is 0 Å². The number of fused-ring (bicyclic) bond motifs is 1.